The van der Waals surface area contributed by atoms with Gasteiger partial charge in [-0.05, 0) is 6.07 Å². The molecule has 0 atom stereocenters. The first-order valence-corrected chi connectivity index (χ1v) is 6.34. The fourth-order valence-electron chi connectivity index (χ4n) is 1.24. The third kappa shape index (κ3) is 3.43. The first-order chi connectivity index (χ1) is 8.25. The number of thiocarbonyl (C=S) groups is 1. The minimum atomic E-state index is 0.273. The summed E-state index contributed by atoms with van der Waals surface area (Å²) in [7, 11) is 0. The summed E-state index contributed by atoms with van der Waals surface area (Å²) in [5.74, 6) is 0.533. The first-order valence-electron chi connectivity index (χ1n) is 4.99. The monoisotopic (exact) mass is 265 g/mol. The van der Waals surface area contributed by atoms with Crippen molar-refractivity contribution in [1.29, 1.82) is 0 Å². The summed E-state index contributed by atoms with van der Waals surface area (Å²) in [4.78, 5) is 12.7. The molecule has 0 radical (unpaired) electrons. The van der Waals surface area contributed by atoms with Gasteiger partial charge in [-0.1, -0.05) is 12.2 Å². The standard InChI is InChI=1S/C10H11N5S2/c11-9(16)8-2-4-13-10(15-8)12-3-1-7-5-17-6-14-7/h2,4-6H,1,3H2,(H2,11,16)(H,12,13,15). The molecular formula is C10H11N5S2. The molecule has 0 bridgehead atoms. The lowest BCUT2D eigenvalue weighted by atomic mass is 10.3. The van der Waals surface area contributed by atoms with Crippen LogP contribution in [0, 0.1) is 0 Å². The molecule has 2 heterocycles. The third-order valence-corrected chi connectivity index (χ3v) is 2.90. The number of nitrogens with zero attached hydrogens (tertiary/aromatic N) is 3. The zero-order valence-electron chi connectivity index (χ0n) is 8.96. The van der Waals surface area contributed by atoms with Crippen LogP contribution in [0.2, 0.25) is 0 Å². The van der Waals surface area contributed by atoms with Crippen LogP contribution in [0.5, 0.6) is 0 Å². The van der Waals surface area contributed by atoms with E-state index in [2.05, 4.69) is 20.3 Å². The Balaban J connectivity index is 1.90. The maximum atomic E-state index is 5.49. The van der Waals surface area contributed by atoms with Gasteiger partial charge in [0.05, 0.1) is 11.2 Å². The van der Waals surface area contributed by atoms with Crippen LogP contribution in [0.15, 0.2) is 23.2 Å². The van der Waals surface area contributed by atoms with Crippen molar-refractivity contribution in [1.82, 2.24) is 15.0 Å². The van der Waals surface area contributed by atoms with E-state index in [1.807, 2.05) is 10.9 Å². The Kier molecular flexibility index (Phi) is 3.94. The molecule has 0 saturated heterocycles. The zero-order valence-corrected chi connectivity index (χ0v) is 10.6. The molecule has 0 aromatic carbocycles. The van der Waals surface area contributed by atoms with Crippen molar-refractivity contribution < 1.29 is 0 Å². The lowest BCUT2D eigenvalue weighted by Crippen LogP contribution is -2.14. The Morgan fingerprint density at radius 2 is 2.35 bits per heavy atom. The predicted octanol–water partition coefficient (Wildman–Crippen LogP) is 1.22. The van der Waals surface area contributed by atoms with Crippen molar-refractivity contribution in [2.24, 2.45) is 5.73 Å². The average molecular weight is 265 g/mol. The number of aromatic nitrogens is 3. The van der Waals surface area contributed by atoms with Crippen molar-refractivity contribution in [3.8, 4) is 0 Å². The summed E-state index contributed by atoms with van der Waals surface area (Å²) < 4.78 is 0. The second kappa shape index (κ2) is 5.65. The van der Waals surface area contributed by atoms with E-state index in [4.69, 9.17) is 18.0 Å². The molecule has 7 heteroatoms. The number of hydrogen-bond acceptors (Lipinski definition) is 6. The number of thiazole rings is 1. The number of anilines is 1. The molecule has 0 saturated carbocycles. The van der Waals surface area contributed by atoms with Crippen LogP contribution < -0.4 is 11.1 Å². The average Bonchev–Trinajstić information content (AvgIpc) is 2.82. The number of rotatable bonds is 5. The molecule has 0 aliphatic carbocycles. The van der Waals surface area contributed by atoms with Crippen LogP contribution in [-0.2, 0) is 6.42 Å². The number of nitrogens with two attached hydrogens (primary N) is 1. The molecule has 0 spiro atoms. The van der Waals surface area contributed by atoms with Gasteiger partial charge in [0.25, 0.3) is 0 Å². The largest absolute Gasteiger partial charge is 0.388 e. The van der Waals surface area contributed by atoms with Crippen LogP contribution in [-0.4, -0.2) is 26.5 Å². The Morgan fingerprint density at radius 3 is 3.06 bits per heavy atom. The molecule has 0 unspecified atom stereocenters. The maximum Gasteiger partial charge on any atom is 0.223 e. The zero-order chi connectivity index (χ0) is 12.1. The van der Waals surface area contributed by atoms with E-state index in [1.165, 1.54) is 0 Å². The lowest BCUT2D eigenvalue weighted by Gasteiger charge is -2.04. The second-order valence-electron chi connectivity index (χ2n) is 3.29. The fourth-order valence-corrected chi connectivity index (χ4v) is 1.95. The van der Waals surface area contributed by atoms with Crippen molar-refractivity contribution in [3.63, 3.8) is 0 Å². The van der Waals surface area contributed by atoms with Crippen LogP contribution in [0.3, 0.4) is 0 Å². The highest BCUT2D eigenvalue weighted by atomic mass is 32.1. The predicted molar refractivity (Wildman–Crippen MR) is 72.2 cm³/mol. The Hall–Kier alpha value is -1.60. The van der Waals surface area contributed by atoms with Gasteiger partial charge < -0.3 is 11.1 Å². The van der Waals surface area contributed by atoms with E-state index >= 15 is 0 Å². The minimum Gasteiger partial charge on any atom is -0.388 e. The first kappa shape index (κ1) is 11.9. The second-order valence-corrected chi connectivity index (χ2v) is 4.44. The Bertz CT molecular complexity index is 497. The molecule has 0 amide bonds. The van der Waals surface area contributed by atoms with Gasteiger partial charge in [-0.15, -0.1) is 11.3 Å². The fraction of sp³-hybridized carbons (Fsp3) is 0.200. The molecule has 17 heavy (non-hydrogen) atoms. The van der Waals surface area contributed by atoms with Crippen molar-refractivity contribution in [3.05, 3.63) is 34.5 Å². The van der Waals surface area contributed by atoms with E-state index < -0.39 is 0 Å². The van der Waals surface area contributed by atoms with E-state index in [0.29, 0.717) is 11.6 Å². The summed E-state index contributed by atoms with van der Waals surface area (Å²) >= 11 is 6.44. The quantitative estimate of drug-likeness (QED) is 0.792. The Labute approximate surface area is 108 Å². The smallest absolute Gasteiger partial charge is 0.223 e. The van der Waals surface area contributed by atoms with Crippen LogP contribution in [0.1, 0.15) is 11.4 Å². The van der Waals surface area contributed by atoms with Crippen LogP contribution in [0.4, 0.5) is 5.95 Å². The van der Waals surface area contributed by atoms with Crippen molar-refractivity contribution in [2.45, 2.75) is 6.42 Å². The van der Waals surface area contributed by atoms with Crippen molar-refractivity contribution in [2.75, 3.05) is 11.9 Å². The number of hydrogen-bond donors (Lipinski definition) is 2. The summed E-state index contributed by atoms with van der Waals surface area (Å²) in [6, 6.07) is 1.69. The minimum absolute atomic E-state index is 0.273. The topological polar surface area (TPSA) is 76.7 Å². The van der Waals surface area contributed by atoms with Gasteiger partial charge >= 0.3 is 0 Å². The van der Waals surface area contributed by atoms with Gasteiger partial charge in [-0.3, -0.25) is 0 Å². The summed E-state index contributed by atoms with van der Waals surface area (Å²) in [5, 5.41) is 5.13. The SMILES string of the molecule is NC(=S)c1ccnc(NCCc2cscn2)n1. The molecule has 0 aliphatic rings. The van der Waals surface area contributed by atoms with E-state index in [1.54, 1.807) is 23.6 Å². The molecule has 0 aliphatic heterocycles. The van der Waals surface area contributed by atoms with E-state index in [9.17, 15) is 0 Å². The molecule has 2 aromatic rings. The maximum absolute atomic E-state index is 5.49. The van der Waals surface area contributed by atoms with E-state index in [-0.39, 0.29) is 4.99 Å². The summed E-state index contributed by atoms with van der Waals surface area (Å²) in [5.41, 5.74) is 8.95. The molecule has 2 rings (SSSR count). The molecule has 3 N–H and O–H groups in total. The summed E-state index contributed by atoms with van der Waals surface area (Å²) in [6.45, 7) is 0.727. The summed E-state index contributed by atoms with van der Waals surface area (Å²) in [6.07, 6.45) is 2.47. The molecule has 0 fully saturated rings. The molecule has 2 aromatic heterocycles. The molecule has 88 valence electrons. The Morgan fingerprint density at radius 1 is 1.47 bits per heavy atom. The molecule has 5 nitrogen and oxygen atoms in total. The highest BCUT2D eigenvalue weighted by Gasteiger charge is 2.01. The highest BCUT2D eigenvalue weighted by molar-refractivity contribution is 7.80. The lowest BCUT2D eigenvalue weighted by molar-refractivity contribution is 0.952. The van der Waals surface area contributed by atoms with Gasteiger partial charge in [-0.25, -0.2) is 15.0 Å². The van der Waals surface area contributed by atoms with E-state index in [0.717, 1.165) is 18.7 Å². The van der Waals surface area contributed by atoms with Crippen LogP contribution >= 0.6 is 23.6 Å². The van der Waals surface area contributed by atoms with Gasteiger partial charge in [0, 0.05) is 24.5 Å². The van der Waals surface area contributed by atoms with Gasteiger partial charge in [-0.2, -0.15) is 0 Å². The van der Waals surface area contributed by atoms with Gasteiger partial charge in [0.1, 0.15) is 10.7 Å². The van der Waals surface area contributed by atoms with Gasteiger partial charge in [0.2, 0.25) is 5.95 Å². The normalized spacial score (nSPS) is 10.1. The van der Waals surface area contributed by atoms with Crippen LogP contribution in [0.25, 0.3) is 0 Å². The highest BCUT2D eigenvalue weighted by Crippen LogP contribution is 2.03. The molecular weight excluding hydrogens is 254 g/mol. The van der Waals surface area contributed by atoms with Crippen molar-refractivity contribution >= 4 is 34.5 Å². The van der Waals surface area contributed by atoms with Gasteiger partial charge in [0.15, 0.2) is 0 Å². The number of nitrogens with one attached hydrogen (secondary N) is 1. The third-order valence-electron chi connectivity index (χ3n) is 2.06.